The predicted molar refractivity (Wildman–Crippen MR) is 95.7 cm³/mol. The van der Waals surface area contributed by atoms with Crippen molar-refractivity contribution in [2.24, 2.45) is 11.1 Å². The first-order chi connectivity index (χ1) is 10.3. The van der Waals surface area contributed by atoms with Crippen LogP contribution in [0.25, 0.3) is 0 Å². The Labute approximate surface area is 145 Å². The van der Waals surface area contributed by atoms with Crippen LogP contribution in [0, 0.1) is 12.3 Å². The Balaban J connectivity index is 0.00000264. The molecule has 1 heterocycles. The molecule has 130 valence electrons. The van der Waals surface area contributed by atoms with Crippen molar-refractivity contribution in [3.05, 3.63) is 35.4 Å². The molecule has 1 aliphatic rings. The van der Waals surface area contributed by atoms with Crippen LogP contribution in [0.3, 0.4) is 0 Å². The van der Waals surface area contributed by atoms with E-state index in [2.05, 4.69) is 45.1 Å². The Hall–Kier alpha value is -1.10. The second kappa shape index (κ2) is 8.13. The fraction of sp³-hybridized carbons (Fsp3) is 0.611. The molecule has 0 spiro atoms. The van der Waals surface area contributed by atoms with E-state index in [1.165, 1.54) is 5.56 Å². The van der Waals surface area contributed by atoms with Crippen molar-refractivity contribution in [2.45, 2.75) is 58.8 Å². The number of ether oxygens (including phenoxy) is 1. The van der Waals surface area contributed by atoms with E-state index in [1.54, 1.807) is 0 Å². The zero-order valence-corrected chi connectivity index (χ0v) is 15.3. The quantitative estimate of drug-likeness (QED) is 0.885. The molecule has 0 aromatic heterocycles. The summed E-state index contributed by atoms with van der Waals surface area (Å²) in [4.78, 5) is 12.6. The maximum atomic E-state index is 12.6. The van der Waals surface area contributed by atoms with Gasteiger partial charge in [-0.2, -0.15) is 0 Å². The van der Waals surface area contributed by atoms with Gasteiger partial charge in [-0.1, -0.05) is 45.0 Å². The third kappa shape index (κ3) is 4.93. The largest absolute Gasteiger partial charge is 0.364 e. The summed E-state index contributed by atoms with van der Waals surface area (Å²) in [5, 5.41) is 3.20. The normalized spacial score (nSPS) is 22.3. The van der Waals surface area contributed by atoms with Crippen molar-refractivity contribution in [3.8, 4) is 0 Å². The number of aryl methyl sites for hydroxylation is 1. The third-order valence-electron chi connectivity index (χ3n) is 4.31. The zero-order chi connectivity index (χ0) is 16.3. The summed E-state index contributed by atoms with van der Waals surface area (Å²) in [6.07, 6.45) is 1.25. The number of rotatable bonds is 4. The maximum absolute atomic E-state index is 12.6. The van der Waals surface area contributed by atoms with Crippen LogP contribution in [0.4, 0.5) is 0 Å². The van der Waals surface area contributed by atoms with Gasteiger partial charge in [0.2, 0.25) is 5.91 Å². The van der Waals surface area contributed by atoms with Crippen molar-refractivity contribution >= 4 is 18.3 Å². The van der Waals surface area contributed by atoms with Crippen LogP contribution < -0.4 is 11.1 Å². The van der Waals surface area contributed by atoms with Gasteiger partial charge in [-0.25, -0.2) is 0 Å². The molecule has 5 heteroatoms. The van der Waals surface area contributed by atoms with Crippen LogP contribution >= 0.6 is 12.4 Å². The standard InChI is InChI=1S/C18H28N2O2.ClH/c1-12-7-5-6-8-14(12)16(18(2,3)4)20-17(21)15-10-9-13(11-19)22-15;/h5-8,13,15-16H,9-11,19H2,1-4H3,(H,20,21);1H/t13-,15+,16?;/m1./s1. The van der Waals surface area contributed by atoms with Crippen LogP contribution in [-0.4, -0.2) is 24.7 Å². The minimum atomic E-state index is -0.373. The van der Waals surface area contributed by atoms with E-state index >= 15 is 0 Å². The number of nitrogens with one attached hydrogen (secondary N) is 1. The van der Waals surface area contributed by atoms with Gasteiger partial charge in [0, 0.05) is 6.54 Å². The number of amides is 1. The molecule has 3 atom stereocenters. The van der Waals surface area contributed by atoms with Crippen molar-refractivity contribution in [1.82, 2.24) is 5.32 Å². The van der Waals surface area contributed by atoms with E-state index in [0.29, 0.717) is 6.54 Å². The molecular formula is C18H29ClN2O2. The summed E-state index contributed by atoms with van der Waals surface area (Å²) in [5.41, 5.74) is 7.90. The van der Waals surface area contributed by atoms with Crippen LogP contribution in [-0.2, 0) is 9.53 Å². The lowest BCUT2D eigenvalue weighted by Gasteiger charge is -2.33. The van der Waals surface area contributed by atoms with E-state index in [1.807, 2.05) is 12.1 Å². The molecule has 1 fully saturated rings. The Morgan fingerprint density at radius 2 is 2.00 bits per heavy atom. The lowest BCUT2D eigenvalue weighted by Crippen LogP contribution is -2.42. The van der Waals surface area contributed by atoms with Crippen molar-refractivity contribution in [2.75, 3.05) is 6.54 Å². The fourth-order valence-electron chi connectivity index (χ4n) is 2.98. The van der Waals surface area contributed by atoms with Crippen LogP contribution in [0.2, 0.25) is 0 Å². The predicted octanol–water partition coefficient (Wildman–Crippen LogP) is 3.13. The van der Waals surface area contributed by atoms with Crippen LogP contribution in [0.5, 0.6) is 0 Å². The van der Waals surface area contributed by atoms with Crippen LogP contribution in [0.15, 0.2) is 24.3 Å². The van der Waals surface area contributed by atoms with Crippen molar-refractivity contribution < 1.29 is 9.53 Å². The highest BCUT2D eigenvalue weighted by Gasteiger charge is 2.34. The molecule has 1 saturated heterocycles. The van der Waals surface area contributed by atoms with Gasteiger partial charge < -0.3 is 15.8 Å². The third-order valence-corrected chi connectivity index (χ3v) is 4.31. The number of benzene rings is 1. The lowest BCUT2D eigenvalue weighted by molar-refractivity contribution is -0.133. The van der Waals surface area contributed by atoms with Crippen molar-refractivity contribution in [3.63, 3.8) is 0 Å². The van der Waals surface area contributed by atoms with Crippen LogP contribution in [0.1, 0.15) is 50.8 Å². The maximum Gasteiger partial charge on any atom is 0.249 e. The van der Waals surface area contributed by atoms with Crippen molar-refractivity contribution in [1.29, 1.82) is 0 Å². The summed E-state index contributed by atoms with van der Waals surface area (Å²) in [5.74, 6) is -0.0286. The van der Waals surface area contributed by atoms with Gasteiger partial charge in [0.1, 0.15) is 6.10 Å². The van der Waals surface area contributed by atoms with Gasteiger partial charge in [-0.05, 0) is 36.3 Å². The summed E-state index contributed by atoms with van der Waals surface area (Å²) in [7, 11) is 0. The van der Waals surface area contributed by atoms with Gasteiger partial charge in [-0.3, -0.25) is 4.79 Å². The zero-order valence-electron chi connectivity index (χ0n) is 14.5. The number of hydrogen-bond donors (Lipinski definition) is 2. The molecule has 4 nitrogen and oxygen atoms in total. The highest BCUT2D eigenvalue weighted by atomic mass is 35.5. The van der Waals surface area contributed by atoms with Gasteiger partial charge in [-0.15, -0.1) is 12.4 Å². The van der Waals surface area contributed by atoms with E-state index in [9.17, 15) is 4.79 Å². The van der Waals surface area contributed by atoms with E-state index in [4.69, 9.17) is 10.5 Å². The summed E-state index contributed by atoms with van der Waals surface area (Å²) in [6, 6.07) is 8.16. The highest BCUT2D eigenvalue weighted by Crippen LogP contribution is 2.34. The molecular weight excluding hydrogens is 312 g/mol. The van der Waals surface area contributed by atoms with Gasteiger partial charge in [0.15, 0.2) is 0 Å². The van der Waals surface area contributed by atoms with Gasteiger partial charge in [0.25, 0.3) is 0 Å². The first-order valence-electron chi connectivity index (χ1n) is 8.04. The number of carbonyl (C=O) groups is 1. The smallest absolute Gasteiger partial charge is 0.249 e. The average Bonchev–Trinajstić information content (AvgIpc) is 2.93. The number of hydrogen-bond acceptors (Lipinski definition) is 3. The van der Waals surface area contributed by atoms with E-state index in [0.717, 1.165) is 18.4 Å². The Bertz CT molecular complexity index is 528. The number of carbonyl (C=O) groups excluding carboxylic acids is 1. The summed E-state index contributed by atoms with van der Waals surface area (Å²) < 4.78 is 5.71. The lowest BCUT2D eigenvalue weighted by atomic mass is 9.80. The SMILES string of the molecule is Cc1ccccc1C(NC(=O)[C@@H]1CC[C@H](CN)O1)C(C)(C)C.Cl. The second-order valence-corrected chi connectivity index (χ2v) is 7.22. The number of halogens is 1. The highest BCUT2D eigenvalue weighted by molar-refractivity contribution is 5.85. The minimum absolute atomic E-state index is 0. The molecule has 1 aromatic carbocycles. The molecule has 23 heavy (non-hydrogen) atoms. The molecule has 2 rings (SSSR count). The fourth-order valence-corrected chi connectivity index (χ4v) is 2.98. The topological polar surface area (TPSA) is 64.4 Å². The Morgan fingerprint density at radius 1 is 1.35 bits per heavy atom. The summed E-state index contributed by atoms with van der Waals surface area (Å²) in [6.45, 7) is 8.98. The molecule has 0 aliphatic carbocycles. The summed E-state index contributed by atoms with van der Waals surface area (Å²) >= 11 is 0. The number of nitrogens with two attached hydrogens (primary N) is 1. The molecule has 0 radical (unpaired) electrons. The molecule has 0 saturated carbocycles. The van der Waals surface area contributed by atoms with E-state index in [-0.39, 0.29) is 42.0 Å². The monoisotopic (exact) mass is 340 g/mol. The molecule has 1 aromatic rings. The first-order valence-corrected chi connectivity index (χ1v) is 8.04. The Morgan fingerprint density at radius 3 is 2.52 bits per heavy atom. The molecule has 3 N–H and O–H groups in total. The average molecular weight is 341 g/mol. The van der Waals surface area contributed by atoms with Gasteiger partial charge in [0.05, 0.1) is 12.1 Å². The molecule has 1 unspecified atom stereocenters. The minimum Gasteiger partial charge on any atom is -0.364 e. The van der Waals surface area contributed by atoms with E-state index < -0.39 is 0 Å². The molecule has 0 bridgehead atoms. The van der Waals surface area contributed by atoms with Gasteiger partial charge >= 0.3 is 0 Å². The Kier molecular flexibility index (Phi) is 7.05. The second-order valence-electron chi connectivity index (χ2n) is 7.22. The molecule has 1 amide bonds. The molecule has 1 aliphatic heterocycles. The first kappa shape index (κ1) is 19.9.